The van der Waals surface area contributed by atoms with Crippen molar-refractivity contribution in [1.82, 2.24) is 14.9 Å². The van der Waals surface area contributed by atoms with Gasteiger partial charge in [-0.1, -0.05) is 48.0 Å². The molecule has 1 atom stereocenters. The van der Waals surface area contributed by atoms with E-state index in [1.807, 2.05) is 49.4 Å². The van der Waals surface area contributed by atoms with Crippen molar-refractivity contribution >= 4 is 28.9 Å². The smallest absolute Gasteiger partial charge is 0.266 e. The highest BCUT2D eigenvalue weighted by Gasteiger charge is 2.43. The Labute approximate surface area is 162 Å². The third kappa shape index (κ3) is 2.69. The minimum absolute atomic E-state index is 0.0206. The van der Waals surface area contributed by atoms with Crippen LogP contribution in [-0.2, 0) is 22.6 Å². The molecule has 0 aliphatic carbocycles. The number of carbonyl (C=O) groups excluding carboxylic acids is 2. The fraction of sp³-hybridized carbons (Fsp3) is 0.227. The van der Waals surface area contributed by atoms with Gasteiger partial charge in [0.15, 0.2) is 0 Å². The Morgan fingerprint density at radius 1 is 1.07 bits per heavy atom. The first-order valence-electron chi connectivity index (χ1n) is 9.40. The average molecular weight is 372 g/mol. The Balaban J connectivity index is 1.44. The van der Waals surface area contributed by atoms with Crippen molar-refractivity contribution < 1.29 is 9.59 Å². The SMILES string of the molecule is Cc1ccc(C=NN2CC(=O)N3Cc4[nH]c5ccccc5c4C[C@@H]3C2=O)cc1. The number of H-pyrrole nitrogens is 1. The largest absolute Gasteiger partial charge is 0.357 e. The number of nitrogens with one attached hydrogen (secondary N) is 1. The first kappa shape index (κ1) is 16.7. The molecule has 28 heavy (non-hydrogen) atoms. The van der Waals surface area contributed by atoms with Crippen molar-refractivity contribution in [2.24, 2.45) is 5.10 Å². The molecule has 1 aromatic heterocycles. The molecule has 2 aliphatic rings. The summed E-state index contributed by atoms with van der Waals surface area (Å²) in [5.41, 5.74) is 5.25. The second-order valence-corrected chi connectivity index (χ2v) is 7.42. The molecule has 2 aliphatic heterocycles. The van der Waals surface area contributed by atoms with Gasteiger partial charge >= 0.3 is 0 Å². The van der Waals surface area contributed by atoms with Crippen LogP contribution in [0.4, 0.5) is 0 Å². The zero-order valence-electron chi connectivity index (χ0n) is 15.6. The zero-order valence-corrected chi connectivity index (χ0v) is 15.6. The number of piperazine rings is 1. The summed E-state index contributed by atoms with van der Waals surface area (Å²) >= 11 is 0. The van der Waals surface area contributed by atoms with Crippen LogP contribution in [-0.4, -0.2) is 45.5 Å². The summed E-state index contributed by atoms with van der Waals surface area (Å²) in [4.78, 5) is 30.8. The van der Waals surface area contributed by atoms with Crippen molar-refractivity contribution in [2.75, 3.05) is 6.54 Å². The number of hydrogen-bond acceptors (Lipinski definition) is 3. The molecule has 0 spiro atoms. The number of para-hydroxylation sites is 1. The molecule has 2 amide bonds. The van der Waals surface area contributed by atoms with Gasteiger partial charge in [-0.05, 0) is 24.1 Å². The highest BCUT2D eigenvalue weighted by Crippen LogP contribution is 2.32. The summed E-state index contributed by atoms with van der Waals surface area (Å²) in [6.07, 6.45) is 2.15. The molecule has 1 N–H and O–H groups in total. The summed E-state index contributed by atoms with van der Waals surface area (Å²) in [5.74, 6) is -0.200. The number of rotatable bonds is 2. The maximum atomic E-state index is 13.1. The van der Waals surface area contributed by atoms with E-state index in [4.69, 9.17) is 0 Å². The van der Waals surface area contributed by atoms with E-state index in [9.17, 15) is 9.59 Å². The number of carbonyl (C=O) groups is 2. The van der Waals surface area contributed by atoms with Crippen LogP contribution in [0.25, 0.3) is 10.9 Å². The lowest BCUT2D eigenvalue weighted by molar-refractivity contribution is -0.157. The number of fused-ring (bicyclic) bond motifs is 4. The molecule has 6 nitrogen and oxygen atoms in total. The molecule has 3 aromatic rings. The van der Waals surface area contributed by atoms with Crippen molar-refractivity contribution in [3.8, 4) is 0 Å². The number of hydrogen-bond donors (Lipinski definition) is 1. The molecule has 5 rings (SSSR count). The molecule has 1 fully saturated rings. The molecule has 0 unspecified atom stereocenters. The van der Waals surface area contributed by atoms with E-state index in [2.05, 4.69) is 16.2 Å². The van der Waals surface area contributed by atoms with E-state index in [-0.39, 0.29) is 18.4 Å². The monoisotopic (exact) mass is 372 g/mol. The molecular weight excluding hydrogens is 352 g/mol. The molecule has 1 saturated heterocycles. The summed E-state index contributed by atoms with van der Waals surface area (Å²) in [5, 5.41) is 6.75. The average Bonchev–Trinajstić information content (AvgIpc) is 3.07. The Morgan fingerprint density at radius 3 is 2.68 bits per heavy atom. The Hall–Kier alpha value is -3.41. The van der Waals surface area contributed by atoms with Crippen LogP contribution >= 0.6 is 0 Å². The third-order valence-electron chi connectivity index (χ3n) is 5.57. The number of nitrogens with zero attached hydrogens (tertiary/aromatic N) is 3. The van der Waals surface area contributed by atoms with Crippen molar-refractivity contribution in [3.05, 3.63) is 70.9 Å². The second kappa shape index (κ2) is 6.34. The standard InChI is InChI=1S/C22H20N4O2/c1-14-6-8-15(9-7-14)11-23-26-13-21(27)25-12-19-17(10-20(25)22(26)28)16-4-2-3-5-18(16)24-19/h2-9,11,20,24H,10,12-13H2,1H3/t20-/m1/s1. The molecule has 2 aromatic carbocycles. The maximum Gasteiger partial charge on any atom is 0.266 e. The van der Waals surface area contributed by atoms with Crippen molar-refractivity contribution in [2.45, 2.75) is 25.9 Å². The Bertz CT molecular complexity index is 1110. The normalized spacial score (nSPS) is 19.4. The quantitative estimate of drug-likeness (QED) is 0.703. The fourth-order valence-corrected chi connectivity index (χ4v) is 4.05. The minimum Gasteiger partial charge on any atom is -0.357 e. The van der Waals surface area contributed by atoms with Crippen LogP contribution in [0.5, 0.6) is 0 Å². The summed E-state index contributed by atoms with van der Waals surface area (Å²) in [6, 6.07) is 15.4. The fourth-order valence-electron chi connectivity index (χ4n) is 4.05. The maximum absolute atomic E-state index is 13.1. The minimum atomic E-state index is -0.497. The van der Waals surface area contributed by atoms with Gasteiger partial charge < -0.3 is 9.88 Å². The first-order chi connectivity index (χ1) is 13.6. The van der Waals surface area contributed by atoms with Crippen LogP contribution < -0.4 is 0 Å². The topological polar surface area (TPSA) is 68.8 Å². The van der Waals surface area contributed by atoms with Crippen LogP contribution in [0.2, 0.25) is 0 Å². The number of aryl methyl sites for hydroxylation is 1. The lowest BCUT2D eigenvalue weighted by atomic mass is 9.94. The van der Waals surface area contributed by atoms with E-state index in [0.29, 0.717) is 13.0 Å². The summed E-state index contributed by atoms with van der Waals surface area (Å²) in [6.45, 7) is 2.44. The van der Waals surface area contributed by atoms with E-state index < -0.39 is 6.04 Å². The van der Waals surface area contributed by atoms with Gasteiger partial charge in [0.05, 0.1) is 12.8 Å². The van der Waals surface area contributed by atoms with E-state index in [1.165, 1.54) is 5.01 Å². The Kier molecular flexibility index (Phi) is 3.79. The van der Waals surface area contributed by atoms with Gasteiger partial charge in [0.1, 0.15) is 12.6 Å². The van der Waals surface area contributed by atoms with Gasteiger partial charge in [-0.15, -0.1) is 0 Å². The van der Waals surface area contributed by atoms with Gasteiger partial charge in [0, 0.05) is 23.0 Å². The molecule has 0 radical (unpaired) electrons. The van der Waals surface area contributed by atoms with Crippen LogP contribution in [0, 0.1) is 6.92 Å². The summed E-state index contributed by atoms with van der Waals surface area (Å²) < 4.78 is 0. The van der Waals surface area contributed by atoms with Crippen LogP contribution in [0.1, 0.15) is 22.4 Å². The predicted molar refractivity (Wildman–Crippen MR) is 107 cm³/mol. The molecule has 3 heterocycles. The molecular formula is C22H20N4O2. The first-order valence-corrected chi connectivity index (χ1v) is 9.40. The number of benzene rings is 2. The molecule has 0 bridgehead atoms. The van der Waals surface area contributed by atoms with Crippen LogP contribution in [0.15, 0.2) is 53.6 Å². The lowest BCUT2D eigenvalue weighted by Gasteiger charge is -2.40. The molecule has 6 heteroatoms. The number of hydrazone groups is 1. The van der Waals surface area contributed by atoms with Gasteiger partial charge in [-0.2, -0.15) is 5.10 Å². The highest BCUT2D eigenvalue weighted by molar-refractivity contribution is 5.97. The highest BCUT2D eigenvalue weighted by atomic mass is 16.2. The predicted octanol–water partition coefficient (Wildman–Crippen LogP) is 2.61. The van der Waals surface area contributed by atoms with Gasteiger partial charge in [0.2, 0.25) is 5.91 Å². The van der Waals surface area contributed by atoms with Gasteiger partial charge in [0.25, 0.3) is 5.91 Å². The summed E-state index contributed by atoms with van der Waals surface area (Å²) in [7, 11) is 0. The number of aromatic amines is 1. The van der Waals surface area contributed by atoms with E-state index in [0.717, 1.165) is 33.3 Å². The third-order valence-corrected chi connectivity index (χ3v) is 5.57. The number of aromatic nitrogens is 1. The molecule has 140 valence electrons. The van der Waals surface area contributed by atoms with Gasteiger partial charge in [-0.3, -0.25) is 9.59 Å². The van der Waals surface area contributed by atoms with E-state index in [1.54, 1.807) is 11.1 Å². The number of amides is 2. The van der Waals surface area contributed by atoms with E-state index >= 15 is 0 Å². The van der Waals surface area contributed by atoms with Gasteiger partial charge in [-0.25, -0.2) is 5.01 Å². The Morgan fingerprint density at radius 2 is 1.86 bits per heavy atom. The lowest BCUT2D eigenvalue weighted by Crippen LogP contribution is -2.60. The molecule has 0 saturated carbocycles. The van der Waals surface area contributed by atoms with Crippen molar-refractivity contribution in [3.63, 3.8) is 0 Å². The van der Waals surface area contributed by atoms with Crippen LogP contribution in [0.3, 0.4) is 0 Å². The van der Waals surface area contributed by atoms with Crippen molar-refractivity contribution in [1.29, 1.82) is 0 Å². The second-order valence-electron chi connectivity index (χ2n) is 7.42. The zero-order chi connectivity index (χ0) is 19.3.